The maximum atomic E-state index is 13.1. The van der Waals surface area contributed by atoms with Crippen LogP contribution in [0.4, 0.5) is 8.78 Å². The standard InChI is InChI=1S/C12H12F2O2/c1-2-16-12(15)8-3-5-9-10(13)6-4-7-11(9)14/h3-7H,2,8H2,1H3. The highest BCUT2D eigenvalue weighted by molar-refractivity contribution is 5.72. The molecule has 1 rings (SSSR count). The minimum absolute atomic E-state index is 0.00160. The lowest BCUT2D eigenvalue weighted by Gasteiger charge is -1.99. The van der Waals surface area contributed by atoms with Gasteiger partial charge in [0.05, 0.1) is 13.0 Å². The van der Waals surface area contributed by atoms with Crippen LogP contribution in [0.25, 0.3) is 6.08 Å². The first kappa shape index (κ1) is 12.4. The molecule has 0 spiro atoms. The zero-order chi connectivity index (χ0) is 12.0. The summed E-state index contributed by atoms with van der Waals surface area (Å²) in [7, 11) is 0. The Bertz CT molecular complexity index is 380. The van der Waals surface area contributed by atoms with Gasteiger partial charge in [0.25, 0.3) is 0 Å². The molecule has 16 heavy (non-hydrogen) atoms. The average Bonchev–Trinajstić information content (AvgIpc) is 2.23. The smallest absolute Gasteiger partial charge is 0.309 e. The van der Waals surface area contributed by atoms with E-state index in [0.29, 0.717) is 6.61 Å². The van der Waals surface area contributed by atoms with Crippen molar-refractivity contribution in [3.8, 4) is 0 Å². The first-order chi connectivity index (χ1) is 7.65. The molecular weight excluding hydrogens is 214 g/mol. The molecule has 0 fully saturated rings. The van der Waals surface area contributed by atoms with Gasteiger partial charge in [-0.1, -0.05) is 18.2 Å². The fourth-order valence-corrected chi connectivity index (χ4v) is 1.16. The van der Waals surface area contributed by atoms with E-state index in [4.69, 9.17) is 0 Å². The molecule has 2 nitrogen and oxygen atoms in total. The van der Waals surface area contributed by atoms with E-state index in [0.717, 1.165) is 12.1 Å². The summed E-state index contributed by atoms with van der Waals surface area (Å²) in [6.07, 6.45) is 2.61. The normalized spacial score (nSPS) is 10.7. The van der Waals surface area contributed by atoms with E-state index in [-0.39, 0.29) is 12.0 Å². The minimum atomic E-state index is -0.653. The predicted octanol–water partition coefficient (Wildman–Crippen LogP) is 2.93. The van der Waals surface area contributed by atoms with Crippen LogP contribution in [0.15, 0.2) is 24.3 Å². The SMILES string of the molecule is CCOC(=O)CC=Cc1c(F)cccc1F. The van der Waals surface area contributed by atoms with Crippen LogP contribution in [0.1, 0.15) is 18.9 Å². The van der Waals surface area contributed by atoms with Crippen molar-refractivity contribution in [2.75, 3.05) is 6.61 Å². The van der Waals surface area contributed by atoms with Crippen molar-refractivity contribution in [3.63, 3.8) is 0 Å². The maximum absolute atomic E-state index is 13.1. The Morgan fingerprint density at radius 3 is 2.56 bits per heavy atom. The highest BCUT2D eigenvalue weighted by atomic mass is 19.1. The molecule has 0 aliphatic rings. The average molecular weight is 226 g/mol. The van der Waals surface area contributed by atoms with E-state index >= 15 is 0 Å². The van der Waals surface area contributed by atoms with Crippen LogP contribution in [0.5, 0.6) is 0 Å². The summed E-state index contributed by atoms with van der Waals surface area (Å²) in [4.78, 5) is 10.9. The van der Waals surface area contributed by atoms with Gasteiger partial charge in [0.15, 0.2) is 0 Å². The number of ether oxygens (including phenoxy) is 1. The second kappa shape index (κ2) is 6.00. The van der Waals surface area contributed by atoms with Crippen molar-refractivity contribution >= 4 is 12.0 Å². The Labute approximate surface area is 92.5 Å². The molecule has 0 bridgehead atoms. The number of carbonyl (C=O) groups is 1. The van der Waals surface area contributed by atoms with Gasteiger partial charge in [-0.3, -0.25) is 4.79 Å². The summed E-state index contributed by atoms with van der Waals surface area (Å²) in [6, 6.07) is 3.60. The molecule has 86 valence electrons. The van der Waals surface area contributed by atoms with E-state index in [1.807, 2.05) is 0 Å². The van der Waals surface area contributed by atoms with Gasteiger partial charge in [-0.15, -0.1) is 0 Å². The quantitative estimate of drug-likeness (QED) is 0.738. The van der Waals surface area contributed by atoms with Gasteiger partial charge in [-0.25, -0.2) is 8.78 Å². The first-order valence-corrected chi connectivity index (χ1v) is 4.91. The molecule has 0 aliphatic carbocycles. The van der Waals surface area contributed by atoms with Gasteiger partial charge >= 0.3 is 5.97 Å². The van der Waals surface area contributed by atoms with Gasteiger partial charge in [0, 0.05) is 5.56 Å². The third kappa shape index (κ3) is 3.46. The van der Waals surface area contributed by atoms with E-state index in [9.17, 15) is 13.6 Å². The predicted molar refractivity (Wildman–Crippen MR) is 56.6 cm³/mol. The molecule has 0 aliphatic heterocycles. The molecule has 0 heterocycles. The molecule has 1 aromatic carbocycles. The number of carbonyl (C=O) groups excluding carboxylic acids is 1. The molecule has 0 saturated carbocycles. The zero-order valence-corrected chi connectivity index (χ0v) is 8.87. The Kier molecular flexibility index (Phi) is 4.64. The summed E-state index contributed by atoms with van der Waals surface area (Å²) < 4.78 is 30.9. The van der Waals surface area contributed by atoms with E-state index in [1.165, 1.54) is 18.2 Å². The number of benzene rings is 1. The molecule has 0 N–H and O–H groups in total. The molecule has 0 aromatic heterocycles. The van der Waals surface area contributed by atoms with Crippen LogP contribution in [-0.4, -0.2) is 12.6 Å². The van der Waals surface area contributed by atoms with Crippen LogP contribution in [0.3, 0.4) is 0 Å². The summed E-state index contributed by atoms with van der Waals surface area (Å²) in [5.74, 6) is -1.73. The van der Waals surface area contributed by atoms with Gasteiger partial charge < -0.3 is 4.74 Å². The van der Waals surface area contributed by atoms with Crippen molar-refractivity contribution < 1.29 is 18.3 Å². The molecule has 1 aromatic rings. The molecule has 4 heteroatoms. The highest BCUT2D eigenvalue weighted by Crippen LogP contribution is 2.13. The number of esters is 1. The van der Waals surface area contributed by atoms with E-state index < -0.39 is 17.6 Å². The number of hydrogen-bond acceptors (Lipinski definition) is 2. The van der Waals surface area contributed by atoms with Crippen LogP contribution in [0.2, 0.25) is 0 Å². The monoisotopic (exact) mass is 226 g/mol. The second-order valence-electron chi connectivity index (χ2n) is 3.05. The summed E-state index contributed by atoms with van der Waals surface area (Å²) in [5.41, 5.74) is -0.146. The Hall–Kier alpha value is -1.71. The van der Waals surface area contributed by atoms with Crippen molar-refractivity contribution in [3.05, 3.63) is 41.5 Å². The van der Waals surface area contributed by atoms with Crippen LogP contribution < -0.4 is 0 Å². The van der Waals surface area contributed by atoms with Crippen LogP contribution in [-0.2, 0) is 9.53 Å². The molecule has 0 unspecified atom stereocenters. The van der Waals surface area contributed by atoms with Gasteiger partial charge in [0.1, 0.15) is 11.6 Å². The Morgan fingerprint density at radius 2 is 2.00 bits per heavy atom. The zero-order valence-electron chi connectivity index (χ0n) is 8.87. The molecule has 0 radical (unpaired) electrons. The second-order valence-corrected chi connectivity index (χ2v) is 3.05. The van der Waals surface area contributed by atoms with Crippen molar-refractivity contribution in [1.82, 2.24) is 0 Å². The number of rotatable bonds is 4. The van der Waals surface area contributed by atoms with E-state index in [1.54, 1.807) is 6.92 Å². The highest BCUT2D eigenvalue weighted by Gasteiger charge is 2.04. The molecule has 0 amide bonds. The van der Waals surface area contributed by atoms with E-state index in [2.05, 4.69) is 4.74 Å². The Balaban J connectivity index is 2.66. The maximum Gasteiger partial charge on any atom is 0.309 e. The van der Waals surface area contributed by atoms with Gasteiger partial charge in [-0.05, 0) is 19.1 Å². The summed E-state index contributed by atoms with van der Waals surface area (Å²) in [5, 5.41) is 0. The lowest BCUT2D eigenvalue weighted by molar-refractivity contribution is -0.142. The molecular formula is C12H12F2O2. The largest absolute Gasteiger partial charge is 0.466 e. The lowest BCUT2D eigenvalue weighted by Crippen LogP contribution is -2.01. The van der Waals surface area contributed by atoms with Crippen molar-refractivity contribution in [2.45, 2.75) is 13.3 Å². The summed E-state index contributed by atoms with van der Waals surface area (Å²) in [6.45, 7) is 1.98. The number of halogens is 2. The lowest BCUT2D eigenvalue weighted by atomic mass is 10.1. The third-order valence-corrected chi connectivity index (χ3v) is 1.87. The van der Waals surface area contributed by atoms with Crippen LogP contribution in [0, 0.1) is 11.6 Å². The summed E-state index contributed by atoms with van der Waals surface area (Å²) >= 11 is 0. The first-order valence-electron chi connectivity index (χ1n) is 4.91. The van der Waals surface area contributed by atoms with Gasteiger partial charge in [-0.2, -0.15) is 0 Å². The topological polar surface area (TPSA) is 26.3 Å². The van der Waals surface area contributed by atoms with Crippen molar-refractivity contribution in [2.24, 2.45) is 0 Å². The number of hydrogen-bond donors (Lipinski definition) is 0. The fourth-order valence-electron chi connectivity index (χ4n) is 1.16. The van der Waals surface area contributed by atoms with Crippen molar-refractivity contribution in [1.29, 1.82) is 0 Å². The molecule has 0 saturated heterocycles. The van der Waals surface area contributed by atoms with Crippen LogP contribution >= 0.6 is 0 Å². The molecule has 0 atom stereocenters. The minimum Gasteiger partial charge on any atom is -0.466 e. The van der Waals surface area contributed by atoms with Gasteiger partial charge in [0.2, 0.25) is 0 Å². The third-order valence-electron chi connectivity index (χ3n) is 1.87. The Morgan fingerprint density at radius 1 is 1.38 bits per heavy atom. The fraction of sp³-hybridized carbons (Fsp3) is 0.250.